The molecule has 158 valence electrons. The number of rotatable bonds is 6. The van der Waals surface area contributed by atoms with E-state index in [0.29, 0.717) is 23.0 Å². The first-order chi connectivity index (χ1) is 15.6. The minimum Gasteiger partial charge on any atom is -0.322 e. The third kappa shape index (κ3) is 4.05. The number of benzene rings is 3. The molecular weight excluding hydrogens is 407 g/mol. The fraction of sp³-hybridized carbons (Fsp3) is 0.120. The lowest BCUT2D eigenvalue weighted by molar-refractivity contribution is 0.0996. The van der Waals surface area contributed by atoms with Crippen LogP contribution < -0.4 is 5.32 Å². The van der Waals surface area contributed by atoms with Gasteiger partial charge in [0.15, 0.2) is 11.6 Å². The highest BCUT2D eigenvalue weighted by Gasteiger charge is 2.27. The molecule has 4 aromatic rings. The van der Waals surface area contributed by atoms with Gasteiger partial charge in [-0.05, 0) is 67.4 Å². The SMILES string of the molecule is O=C(Nc1ccc(-c2n[nH]c(C3CC3)n2)cc1)c1ccccc1C(=O)c1ccc(F)cc1. The Labute approximate surface area is 183 Å². The lowest BCUT2D eigenvalue weighted by Gasteiger charge is -2.10. The molecule has 1 saturated carbocycles. The molecule has 0 atom stereocenters. The lowest BCUT2D eigenvalue weighted by Crippen LogP contribution is -2.17. The predicted molar refractivity (Wildman–Crippen MR) is 118 cm³/mol. The fourth-order valence-corrected chi connectivity index (χ4v) is 3.48. The zero-order valence-electron chi connectivity index (χ0n) is 17.0. The summed E-state index contributed by atoms with van der Waals surface area (Å²) in [5, 5.41) is 10.1. The van der Waals surface area contributed by atoms with Crippen LogP contribution in [0.4, 0.5) is 10.1 Å². The maximum absolute atomic E-state index is 13.2. The largest absolute Gasteiger partial charge is 0.322 e. The number of carbonyl (C=O) groups is 2. The van der Waals surface area contributed by atoms with E-state index < -0.39 is 11.7 Å². The van der Waals surface area contributed by atoms with Crippen LogP contribution in [0.15, 0.2) is 72.8 Å². The summed E-state index contributed by atoms with van der Waals surface area (Å²) in [6.45, 7) is 0. The van der Waals surface area contributed by atoms with Crippen molar-refractivity contribution in [2.24, 2.45) is 0 Å². The number of aromatic amines is 1. The van der Waals surface area contributed by atoms with Crippen molar-refractivity contribution in [1.82, 2.24) is 15.2 Å². The molecule has 2 N–H and O–H groups in total. The summed E-state index contributed by atoms with van der Waals surface area (Å²) in [4.78, 5) is 30.3. The zero-order valence-corrected chi connectivity index (χ0v) is 17.0. The van der Waals surface area contributed by atoms with Gasteiger partial charge in [0.2, 0.25) is 0 Å². The van der Waals surface area contributed by atoms with Crippen LogP contribution in [0.1, 0.15) is 50.9 Å². The molecule has 0 aliphatic heterocycles. The molecule has 1 amide bonds. The van der Waals surface area contributed by atoms with Crippen molar-refractivity contribution in [3.63, 3.8) is 0 Å². The van der Waals surface area contributed by atoms with Gasteiger partial charge in [-0.15, -0.1) is 0 Å². The molecule has 5 rings (SSSR count). The monoisotopic (exact) mass is 426 g/mol. The number of carbonyl (C=O) groups excluding carboxylic acids is 2. The Morgan fingerprint density at radius 2 is 1.59 bits per heavy atom. The molecule has 3 aromatic carbocycles. The average molecular weight is 426 g/mol. The van der Waals surface area contributed by atoms with E-state index in [2.05, 4.69) is 20.5 Å². The van der Waals surface area contributed by atoms with E-state index in [0.717, 1.165) is 24.2 Å². The van der Waals surface area contributed by atoms with Crippen molar-refractivity contribution in [3.8, 4) is 11.4 Å². The predicted octanol–water partition coefficient (Wildman–Crippen LogP) is 4.97. The number of halogens is 1. The van der Waals surface area contributed by atoms with Gasteiger partial charge < -0.3 is 5.32 Å². The minimum atomic E-state index is -0.426. The Balaban J connectivity index is 1.33. The van der Waals surface area contributed by atoms with Gasteiger partial charge in [0.25, 0.3) is 5.91 Å². The molecule has 0 unspecified atom stereocenters. The van der Waals surface area contributed by atoms with Gasteiger partial charge in [-0.3, -0.25) is 14.7 Å². The molecule has 1 heterocycles. The van der Waals surface area contributed by atoms with Crippen molar-refractivity contribution >= 4 is 17.4 Å². The Morgan fingerprint density at radius 1 is 0.906 bits per heavy atom. The highest BCUT2D eigenvalue weighted by Crippen LogP contribution is 2.38. The number of anilines is 1. The molecule has 0 radical (unpaired) electrons. The summed E-state index contributed by atoms with van der Waals surface area (Å²) < 4.78 is 13.2. The first-order valence-corrected chi connectivity index (χ1v) is 10.3. The van der Waals surface area contributed by atoms with Gasteiger partial charge in [0.05, 0.1) is 5.56 Å². The zero-order chi connectivity index (χ0) is 22.1. The summed E-state index contributed by atoms with van der Waals surface area (Å²) >= 11 is 0. The molecule has 0 bridgehead atoms. The summed E-state index contributed by atoms with van der Waals surface area (Å²) in [5.74, 6) is 0.858. The molecule has 0 saturated heterocycles. The second-order valence-corrected chi connectivity index (χ2v) is 7.73. The summed E-state index contributed by atoms with van der Waals surface area (Å²) in [7, 11) is 0. The first-order valence-electron chi connectivity index (χ1n) is 10.3. The smallest absolute Gasteiger partial charge is 0.256 e. The molecule has 1 aromatic heterocycles. The number of hydrogen-bond acceptors (Lipinski definition) is 4. The quantitative estimate of drug-likeness (QED) is 0.426. The van der Waals surface area contributed by atoms with Crippen LogP contribution >= 0.6 is 0 Å². The van der Waals surface area contributed by atoms with Crippen LogP contribution in [0.3, 0.4) is 0 Å². The van der Waals surface area contributed by atoms with E-state index in [-0.39, 0.29) is 16.9 Å². The van der Waals surface area contributed by atoms with Crippen LogP contribution in [-0.2, 0) is 0 Å². The summed E-state index contributed by atoms with van der Waals surface area (Å²) in [6.07, 6.45) is 2.29. The number of hydrogen-bond donors (Lipinski definition) is 2. The number of nitrogens with one attached hydrogen (secondary N) is 2. The Hall–Kier alpha value is -4.13. The van der Waals surface area contributed by atoms with E-state index >= 15 is 0 Å². The molecule has 0 spiro atoms. The third-order valence-corrected chi connectivity index (χ3v) is 5.39. The average Bonchev–Trinajstić information content (AvgIpc) is 3.56. The molecule has 1 aliphatic rings. The highest BCUT2D eigenvalue weighted by molar-refractivity contribution is 6.17. The molecule has 1 fully saturated rings. The van der Waals surface area contributed by atoms with Gasteiger partial charge in [-0.2, -0.15) is 5.10 Å². The lowest BCUT2D eigenvalue weighted by atomic mass is 9.98. The van der Waals surface area contributed by atoms with E-state index in [1.54, 1.807) is 36.4 Å². The van der Waals surface area contributed by atoms with E-state index in [4.69, 9.17) is 0 Å². The van der Waals surface area contributed by atoms with Crippen LogP contribution in [0.5, 0.6) is 0 Å². The van der Waals surface area contributed by atoms with E-state index in [1.165, 1.54) is 24.3 Å². The van der Waals surface area contributed by atoms with Crippen LogP contribution in [0, 0.1) is 5.82 Å². The second kappa shape index (κ2) is 8.19. The van der Waals surface area contributed by atoms with E-state index in [1.807, 2.05) is 12.1 Å². The fourth-order valence-electron chi connectivity index (χ4n) is 3.48. The van der Waals surface area contributed by atoms with Gasteiger partial charge in [-0.1, -0.05) is 18.2 Å². The number of amides is 1. The first kappa shape index (κ1) is 19.8. The molecular formula is C25H19FN4O2. The Morgan fingerprint density at radius 3 is 2.28 bits per heavy atom. The van der Waals surface area contributed by atoms with Crippen molar-refractivity contribution in [2.75, 3.05) is 5.32 Å². The second-order valence-electron chi connectivity index (χ2n) is 7.73. The van der Waals surface area contributed by atoms with Gasteiger partial charge in [0, 0.05) is 28.3 Å². The minimum absolute atomic E-state index is 0.244. The van der Waals surface area contributed by atoms with Gasteiger partial charge in [0.1, 0.15) is 11.6 Å². The Kier molecular flexibility index (Phi) is 5.07. The molecule has 6 nitrogen and oxygen atoms in total. The van der Waals surface area contributed by atoms with Gasteiger partial charge >= 0.3 is 0 Å². The van der Waals surface area contributed by atoms with Crippen LogP contribution in [0.25, 0.3) is 11.4 Å². The highest BCUT2D eigenvalue weighted by atomic mass is 19.1. The summed E-state index contributed by atoms with van der Waals surface area (Å²) in [6, 6.07) is 19.0. The maximum Gasteiger partial charge on any atom is 0.256 e. The molecule has 32 heavy (non-hydrogen) atoms. The normalized spacial score (nSPS) is 13.0. The van der Waals surface area contributed by atoms with E-state index in [9.17, 15) is 14.0 Å². The topological polar surface area (TPSA) is 87.7 Å². The van der Waals surface area contributed by atoms with Crippen molar-refractivity contribution in [3.05, 3.63) is 101 Å². The van der Waals surface area contributed by atoms with Crippen molar-refractivity contribution in [2.45, 2.75) is 18.8 Å². The number of H-pyrrole nitrogens is 1. The van der Waals surface area contributed by atoms with Crippen LogP contribution in [0.2, 0.25) is 0 Å². The number of nitrogens with zero attached hydrogens (tertiary/aromatic N) is 2. The number of aromatic nitrogens is 3. The molecule has 1 aliphatic carbocycles. The van der Waals surface area contributed by atoms with Gasteiger partial charge in [-0.25, -0.2) is 9.37 Å². The Bertz CT molecular complexity index is 1290. The standard InChI is InChI=1S/C25H19FN4O2/c26-18-11-7-15(8-12-18)22(31)20-3-1-2-4-21(20)25(32)27-19-13-9-17(10-14-19)24-28-23(29-30-24)16-5-6-16/h1-4,7-14,16H,5-6H2,(H,27,32)(H,28,29,30). The maximum atomic E-state index is 13.2. The van der Waals surface area contributed by atoms with Crippen molar-refractivity contribution < 1.29 is 14.0 Å². The van der Waals surface area contributed by atoms with Crippen molar-refractivity contribution in [1.29, 1.82) is 0 Å². The molecule has 7 heteroatoms. The summed E-state index contributed by atoms with van der Waals surface area (Å²) in [5.41, 5.74) is 2.24. The number of ketones is 1. The third-order valence-electron chi connectivity index (χ3n) is 5.39. The van der Waals surface area contributed by atoms with Crippen LogP contribution in [-0.4, -0.2) is 26.9 Å².